The molecule has 120 valence electrons. The molecular formula is C19H21NO3. The summed E-state index contributed by atoms with van der Waals surface area (Å²) in [5.41, 5.74) is 10.4. The summed E-state index contributed by atoms with van der Waals surface area (Å²) in [6.07, 6.45) is 0. The quantitative estimate of drug-likeness (QED) is 0.859. The summed E-state index contributed by atoms with van der Waals surface area (Å²) in [5, 5.41) is 0. The molecule has 2 aromatic carbocycles. The van der Waals surface area contributed by atoms with E-state index in [1.54, 1.807) is 31.2 Å². The topological polar surface area (TPSA) is 69.4 Å². The van der Waals surface area contributed by atoms with Crippen molar-refractivity contribution in [1.29, 1.82) is 0 Å². The molecule has 0 aliphatic carbocycles. The van der Waals surface area contributed by atoms with Crippen LogP contribution in [-0.4, -0.2) is 11.7 Å². The van der Waals surface area contributed by atoms with Gasteiger partial charge in [0.2, 0.25) is 0 Å². The maximum absolute atomic E-state index is 11.9. The Labute approximate surface area is 136 Å². The number of nitrogens with two attached hydrogens (primary N) is 1. The van der Waals surface area contributed by atoms with Crippen LogP contribution in [0.15, 0.2) is 30.3 Å². The third kappa shape index (κ3) is 3.42. The first kappa shape index (κ1) is 16.7. The van der Waals surface area contributed by atoms with Crippen molar-refractivity contribution in [2.45, 2.75) is 34.3 Å². The largest absolute Gasteiger partial charge is 0.488 e. The molecule has 0 saturated heterocycles. The lowest BCUT2D eigenvalue weighted by Gasteiger charge is -2.17. The molecule has 4 heteroatoms. The minimum absolute atomic E-state index is 0.0405. The van der Waals surface area contributed by atoms with E-state index in [-0.39, 0.29) is 12.4 Å². The van der Waals surface area contributed by atoms with E-state index in [9.17, 15) is 9.59 Å². The molecule has 23 heavy (non-hydrogen) atoms. The number of ether oxygens (including phenoxy) is 1. The van der Waals surface area contributed by atoms with Crippen molar-refractivity contribution in [2.24, 2.45) is 5.73 Å². The van der Waals surface area contributed by atoms with Crippen molar-refractivity contribution < 1.29 is 14.3 Å². The number of benzene rings is 2. The lowest BCUT2D eigenvalue weighted by Crippen LogP contribution is -2.14. The second kappa shape index (κ2) is 6.65. The predicted molar refractivity (Wildman–Crippen MR) is 89.9 cm³/mol. The number of carbonyl (C=O) groups excluding carboxylic acids is 2. The number of para-hydroxylation sites is 1. The zero-order chi connectivity index (χ0) is 17.1. The molecule has 2 N–H and O–H groups in total. The van der Waals surface area contributed by atoms with E-state index < -0.39 is 5.91 Å². The zero-order valence-electron chi connectivity index (χ0n) is 13.9. The standard InChI is InChI=1S/C19H21NO3/c1-11-9-12(2)18(14(4)21)13(3)16(11)10-23-17-8-6-5-7-15(17)19(20)22/h5-9H,10H2,1-4H3,(H2,20,22). The van der Waals surface area contributed by atoms with Crippen LogP contribution in [0.4, 0.5) is 0 Å². The molecule has 0 spiro atoms. The summed E-state index contributed by atoms with van der Waals surface area (Å²) in [6, 6.07) is 8.86. The van der Waals surface area contributed by atoms with Crippen LogP contribution in [-0.2, 0) is 6.61 Å². The summed E-state index contributed by atoms with van der Waals surface area (Å²) < 4.78 is 5.81. The van der Waals surface area contributed by atoms with Crippen molar-refractivity contribution >= 4 is 11.7 Å². The van der Waals surface area contributed by atoms with Crippen LogP contribution in [0, 0.1) is 20.8 Å². The van der Waals surface area contributed by atoms with Gasteiger partial charge in [-0.3, -0.25) is 9.59 Å². The molecule has 0 saturated carbocycles. The molecule has 2 rings (SSSR count). The predicted octanol–water partition coefficient (Wildman–Crippen LogP) is 3.49. The van der Waals surface area contributed by atoms with E-state index in [1.807, 2.05) is 26.8 Å². The summed E-state index contributed by atoms with van der Waals surface area (Å²) in [4.78, 5) is 23.3. The molecule has 0 heterocycles. The lowest BCUT2D eigenvalue weighted by atomic mass is 9.92. The summed E-state index contributed by atoms with van der Waals surface area (Å²) in [6.45, 7) is 7.70. The monoisotopic (exact) mass is 311 g/mol. The maximum Gasteiger partial charge on any atom is 0.252 e. The van der Waals surface area contributed by atoms with Gasteiger partial charge in [-0.15, -0.1) is 0 Å². The van der Waals surface area contributed by atoms with Crippen molar-refractivity contribution in [3.63, 3.8) is 0 Å². The van der Waals surface area contributed by atoms with Gasteiger partial charge in [0.25, 0.3) is 5.91 Å². The number of Topliss-reactive ketones (excluding diaryl/α,β-unsaturated/α-hetero) is 1. The average Bonchev–Trinajstić information content (AvgIpc) is 2.46. The summed E-state index contributed by atoms with van der Waals surface area (Å²) in [7, 11) is 0. The highest BCUT2D eigenvalue weighted by molar-refractivity contribution is 5.97. The molecule has 0 aliphatic heterocycles. The third-order valence-electron chi connectivity index (χ3n) is 4.01. The lowest BCUT2D eigenvalue weighted by molar-refractivity contribution is 0.0993. The van der Waals surface area contributed by atoms with Crippen molar-refractivity contribution in [3.05, 3.63) is 63.7 Å². The van der Waals surface area contributed by atoms with Crippen LogP contribution >= 0.6 is 0 Å². The Morgan fingerprint density at radius 3 is 2.35 bits per heavy atom. The molecule has 0 bridgehead atoms. The Morgan fingerprint density at radius 2 is 1.74 bits per heavy atom. The smallest absolute Gasteiger partial charge is 0.252 e. The van der Waals surface area contributed by atoms with E-state index >= 15 is 0 Å². The fraction of sp³-hybridized carbons (Fsp3) is 0.263. The van der Waals surface area contributed by atoms with Gasteiger partial charge in [-0.1, -0.05) is 18.2 Å². The second-order valence-electron chi connectivity index (χ2n) is 5.69. The number of ketones is 1. The summed E-state index contributed by atoms with van der Waals surface area (Å²) in [5.74, 6) is -0.0371. The number of hydrogen-bond acceptors (Lipinski definition) is 3. The van der Waals surface area contributed by atoms with Crippen LogP contribution in [0.25, 0.3) is 0 Å². The van der Waals surface area contributed by atoms with Gasteiger partial charge < -0.3 is 10.5 Å². The fourth-order valence-corrected chi connectivity index (χ4v) is 2.94. The number of rotatable bonds is 5. The van der Waals surface area contributed by atoms with Crippen molar-refractivity contribution in [3.8, 4) is 5.75 Å². The highest BCUT2D eigenvalue weighted by atomic mass is 16.5. The Hall–Kier alpha value is -2.62. The van der Waals surface area contributed by atoms with Gasteiger partial charge in [0.05, 0.1) is 5.56 Å². The first-order chi connectivity index (χ1) is 10.8. The number of carbonyl (C=O) groups is 2. The molecule has 0 radical (unpaired) electrons. The third-order valence-corrected chi connectivity index (χ3v) is 4.01. The van der Waals surface area contributed by atoms with E-state index in [4.69, 9.17) is 10.5 Å². The molecule has 2 aromatic rings. The Morgan fingerprint density at radius 1 is 1.09 bits per heavy atom. The van der Waals surface area contributed by atoms with Crippen molar-refractivity contribution in [2.75, 3.05) is 0 Å². The molecule has 0 fully saturated rings. The maximum atomic E-state index is 11.9. The van der Waals surface area contributed by atoms with Crippen LogP contribution in [0.3, 0.4) is 0 Å². The molecule has 0 aromatic heterocycles. The van der Waals surface area contributed by atoms with Gasteiger partial charge in [-0.05, 0) is 62.1 Å². The van der Waals surface area contributed by atoms with Gasteiger partial charge in [0.15, 0.2) is 5.78 Å². The molecule has 1 amide bonds. The minimum atomic E-state index is -0.526. The summed E-state index contributed by atoms with van der Waals surface area (Å²) >= 11 is 0. The van der Waals surface area contributed by atoms with Crippen LogP contribution < -0.4 is 10.5 Å². The molecular weight excluding hydrogens is 290 g/mol. The van der Waals surface area contributed by atoms with Gasteiger partial charge >= 0.3 is 0 Å². The number of aryl methyl sites for hydroxylation is 2. The van der Waals surface area contributed by atoms with Crippen LogP contribution in [0.5, 0.6) is 5.75 Å². The van der Waals surface area contributed by atoms with Gasteiger partial charge in [0.1, 0.15) is 12.4 Å². The molecule has 0 aliphatic rings. The minimum Gasteiger partial charge on any atom is -0.488 e. The molecule has 4 nitrogen and oxygen atoms in total. The number of amides is 1. The average molecular weight is 311 g/mol. The van der Waals surface area contributed by atoms with Crippen LogP contribution in [0.1, 0.15) is 49.9 Å². The molecule has 0 atom stereocenters. The van der Waals surface area contributed by atoms with Gasteiger partial charge in [-0.25, -0.2) is 0 Å². The normalized spacial score (nSPS) is 10.4. The van der Waals surface area contributed by atoms with Gasteiger partial charge in [-0.2, -0.15) is 0 Å². The highest BCUT2D eigenvalue weighted by Gasteiger charge is 2.15. The Bertz CT molecular complexity index is 778. The second-order valence-corrected chi connectivity index (χ2v) is 5.69. The number of primary amides is 1. The first-order valence-electron chi connectivity index (χ1n) is 7.45. The van der Waals surface area contributed by atoms with Crippen LogP contribution in [0.2, 0.25) is 0 Å². The van der Waals surface area contributed by atoms with E-state index in [1.165, 1.54) is 0 Å². The SMILES string of the molecule is CC(=O)c1c(C)cc(C)c(COc2ccccc2C(N)=O)c1C. The Kier molecular flexibility index (Phi) is 4.84. The van der Waals surface area contributed by atoms with Crippen molar-refractivity contribution in [1.82, 2.24) is 0 Å². The zero-order valence-corrected chi connectivity index (χ0v) is 13.9. The first-order valence-corrected chi connectivity index (χ1v) is 7.45. The molecule has 0 unspecified atom stereocenters. The van der Waals surface area contributed by atoms with E-state index in [2.05, 4.69) is 0 Å². The Balaban J connectivity index is 2.37. The number of hydrogen-bond donors (Lipinski definition) is 1. The van der Waals surface area contributed by atoms with E-state index in [0.29, 0.717) is 11.3 Å². The highest BCUT2D eigenvalue weighted by Crippen LogP contribution is 2.25. The van der Waals surface area contributed by atoms with E-state index in [0.717, 1.165) is 27.8 Å². The van der Waals surface area contributed by atoms with Gasteiger partial charge in [0, 0.05) is 5.56 Å². The fourth-order valence-electron chi connectivity index (χ4n) is 2.94.